The minimum Gasteiger partial charge on any atom is -0.379 e. The normalized spacial score (nSPS) is 15.3. The zero-order chi connectivity index (χ0) is 19.6. The van der Waals surface area contributed by atoms with Gasteiger partial charge in [0.2, 0.25) is 0 Å². The molecular weight excluding hydrogens is 406 g/mol. The summed E-state index contributed by atoms with van der Waals surface area (Å²) < 4.78 is 7.00. The van der Waals surface area contributed by atoms with E-state index >= 15 is 0 Å². The lowest BCUT2D eigenvalue weighted by atomic mass is 10.2. The lowest BCUT2D eigenvalue weighted by Gasteiger charge is -2.25. The lowest BCUT2D eigenvalue weighted by molar-refractivity contribution is 0.0330. The van der Waals surface area contributed by atoms with Gasteiger partial charge in [-0.2, -0.15) is 0 Å². The SMILES string of the molecule is O=c1cc(CSc2nc(CN3CCOCC3)nc3ccccc23)nc2sccn12. The van der Waals surface area contributed by atoms with Crippen LogP contribution >= 0.6 is 23.1 Å². The molecule has 0 unspecified atom stereocenters. The average molecular weight is 426 g/mol. The highest BCUT2D eigenvalue weighted by atomic mass is 32.2. The Morgan fingerprint density at radius 3 is 2.90 bits per heavy atom. The second-order valence-electron chi connectivity index (χ2n) is 6.78. The van der Waals surface area contributed by atoms with E-state index in [9.17, 15) is 4.79 Å². The number of morpholine rings is 1. The van der Waals surface area contributed by atoms with E-state index in [2.05, 4.69) is 9.88 Å². The Kier molecular flexibility index (Phi) is 5.28. The van der Waals surface area contributed by atoms with Gasteiger partial charge in [0.15, 0.2) is 4.96 Å². The molecular formula is C20H19N5O2S2. The zero-order valence-corrected chi connectivity index (χ0v) is 17.3. The number of para-hydroxylation sites is 1. The van der Waals surface area contributed by atoms with Gasteiger partial charge in [0.05, 0.1) is 31.0 Å². The molecule has 0 radical (unpaired) electrons. The number of benzene rings is 1. The number of thioether (sulfide) groups is 1. The Morgan fingerprint density at radius 1 is 1.14 bits per heavy atom. The monoisotopic (exact) mass is 425 g/mol. The molecule has 1 fully saturated rings. The minimum absolute atomic E-state index is 0.0487. The number of aromatic nitrogens is 4. The van der Waals surface area contributed by atoms with Crippen molar-refractivity contribution in [1.29, 1.82) is 0 Å². The van der Waals surface area contributed by atoms with Crippen LogP contribution in [0.25, 0.3) is 15.9 Å². The molecule has 1 aliphatic rings. The van der Waals surface area contributed by atoms with Crippen molar-refractivity contribution in [2.45, 2.75) is 17.3 Å². The summed E-state index contributed by atoms with van der Waals surface area (Å²) in [4.78, 5) is 29.5. The predicted molar refractivity (Wildman–Crippen MR) is 115 cm³/mol. The maximum absolute atomic E-state index is 12.2. The van der Waals surface area contributed by atoms with Gasteiger partial charge in [0.25, 0.3) is 5.56 Å². The molecule has 3 aromatic heterocycles. The fourth-order valence-corrected chi connectivity index (χ4v) is 5.01. The van der Waals surface area contributed by atoms with Gasteiger partial charge in [-0.05, 0) is 6.07 Å². The molecule has 0 atom stereocenters. The Morgan fingerprint density at radius 2 is 2.00 bits per heavy atom. The summed E-state index contributed by atoms with van der Waals surface area (Å²) in [6, 6.07) is 9.66. The molecule has 0 bridgehead atoms. The Bertz CT molecular complexity index is 1220. The second kappa shape index (κ2) is 8.19. The van der Waals surface area contributed by atoms with Crippen molar-refractivity contribution >= 4 is 39.0 Å². The number of rotatable bonds is 5. The van der Waals surface area contributed by atoms with Crippen LogP contribution in [-0.2, 0) is 17.0 Å². The molecule has 1 aromatic carbocycles. The highest BCUT2D eigenvalue weighted by Gasteiger charge is 2.15. The first-order valence-corrected chi connectivity index (χ1v) is 11.3. The highest BCUT2D eigenvalue weighted by molar-refractivity contribution is 7.98. The van der Waals surface area contributed by atoms with Crippen molar-refractivity contribution in [3.63, 3.8) is 0 Å². The van der Waals surface area contributed by atoms with Crippen LogP contribution in [0.4, 0.5) is 0 Å². The first-order valence-electron chi connectivity index (χ1n) is 9.40. The third-order valence-electron chi connectivity index (χ3n) is 4.80. The largest absolute Gasteiger partial charge is 0.379 e. The highest BCUT2D eigenvalue weighted by Crippen LogP contribution is 2.28. The Labute approximate surface area is 175 Å². The number of nitrogens with zero attached hydrogens (tertiary/aromatic N) is 5. The summed E-state index contributed by atoms with van der Waals surface area (Å²) in [5, 5.41) is 3.82. The van der Waals surface area contributed by atoms with Crippen LogP contribution in [0, 0.1) is 0 Å². The fourth-order valence-electron chi connectivity index (χ4n) is 3.34. The average Bonchev–Trinajstić information content (AvgIpc) is 3.22. The Balaban J connectivity index is 1.43. The molecule has 4 aromatic rings. The molecule has 148 valence electrons. The number of hydrogen-bond donors (Lipinski definition) is 0. The van der Waals surface area contributed by atoms with E-state index in [0.717, 1.165) is 53.8 Å². The van der Waals surface area contributed by atoms with Gasteiger partial charge in [-0.25, -0.2) is 15.0 Å². The molecule has 0 aliphatic carbocycles. The van der Waals surface area contributed by atoms with Gasteiger partial charge in [0.1, 0.15) is 10.9 Å². The molecule has 29 heavy (non-hydrogen) atoms. The minimum atomic E-state index is -0.0487. The summed E-state index contributed by atoms with van der Waals surface area (Å²) in [6.07, 6.45) is 1.75. The van der Waals surface area contributed by atoms with Crippen molar-refractivity contribution in [3.05, 3.63) is 63.8 Å². The fraction of sp³-hybridized carbons (Fsp3) is 0.300. The van der Waals surface area contributed by atoms with Crippen molar-refractivity contribution < 1.29 is 4.74 Å². The quantitative estimate of drug-likeness (QED) is 0.360. The number of hydrogen-bond acceptors (Lipinski definition) is 8. The van der Waals surface area contributed by atoms with Crippen molar-refractivity contribution in [2.75, 3.05) is 26.3 Å². The van der Waals surface area contributed by atoms with Crippen LogP contribution in [-0.4, -0.2) is 50.6 Å². The zero-order valence-electron chi connectivity index (χ0n) is 15.7. The van der Waals surface area contributed by atoms with Crippen molar-refractivity contribution in [2.24, 2.45) is 0 Å². The Hall–Kier alpha value is -2.33. The van der Waals surface area contributed by atoms with E-state index in [1.807, 2.05) is 29.6 Å². The second-order valence-corrected chi connectivity index (χ2v) is 8.62. The number of fused-ring (bicyclic) bond motifs is 2. The number of ether oxygens (including phenoxy) is 1. The van der Waals surface area contributed by atoms with E-state index in [1.54, 1.807) is 28.4 Å². The van der Waals surface area contributed by atoms with E-state index < -0.39 is 0 Å². The maximum atomic E-state index is 12.2. The van der Waals surface area contributed by atoms with Crippen LogP contribution in [0.5, 0.6) is 0 Å². The van der Waals surface area contributed by atoms with Gasteiger partial charge in [-0.15, -0.1) is 11.3 Å². The molecule has 0 spiro atoms. The lowest BCUT2D eigenvalue weighted by Crippen LogP contribution is -2.36. The first kappa shape index (κ1) is 18.7. The first-order chi connectivity index (χ1) is 14.3. The van der Waals surface area contributed by atoms with E-state index in [0.29, 0.717) is 17.3 Å². The number of thiazole rings is 1. The summed E-state index contributed by atoms with van der Waals surface area (Å²) in [5.74, 6) is 1.40. The summed E-state index contributed by atoms with van der Waals surface area (Å²) in [7, 11) is 0. The molecule has 1 saturated heterocycles. The van der Waals surface area contributed by atoms with Crippen LogP contribution < -0.4 is 5.56 Å². The van der Waals surface area contributed by atoms with E-state index in [-0.39, 0.29) is 5.56 Å². The molecule has 1 aliphatic heterocycles. The summed E-state index contributed by atoms with van der Waals surface area (Å²) in [5.41, 5.74) is 1.65. The van der Waals surface area contributed by atoms with E-state index in [4.69, 9.17) is 14.7 Å². The molecule has 0 N–H and O–H groups in total. The predicted octanol–water partition coefficient (Wildman–Crippen LogP) is 2.82. The summed E-state index contributed by atoms with van der Waals surface area (Å²) >= 11 is 3.06. The molecule has 4 heterocycles. The van der Waals surface area contributed by atoms with Gasteiger partial charge >= 0.3 is 0 Å². The van der Waals surface area contributed by atoms with Crippen LogP contribution in [0.3, 0.4) is 0 Å². The van der Waals surface area contributed by atoms with Gasteiger partial charge in [0, 0.05) is 41.9 Å². The van der Waals surface area contributed by atoms with Crippen LogP contribution in [0.15, 0.2) is 51.7 Å². The third kappa shape index (κ3) is 4.04. The van der Waals surface area contributed by atoms with Crippen LogP contribution in [0.1, 0.15) is 11.5 Å². The third-order valence-corrected chi connectivity index (χ3v) is 6.58. The van der Waals surface area contributed by atoms with E-state index in [1.165, 1.54) is 11.3 Å². The molecule has 0 amide bonds. The maximum Gasteiger partial charge on any atom is 0.258 e. The molecule has 7 nitrogen and oxygen atoms in total. The topological polar surface area (TPSA) is 72.6 Å². The molecule has 5 rings (SSSR count). The molecule has 9 heteroatoms. The van der Waals surface area contributed by atoms with Gasteiger partial charge in [-0.3, -0.25) is 14.1 Å². The smallest absolute Gasteiger partial charge is 0.258 e. The summed E-state index contributed by atoms with van der Waals surface area (Å²) in [6.45, 7) is 4.01. The van der Waals surface area contributed by atoms with Gasteiger partial charge < -0.3 is 4.74 Å². The van der Waals surface area contributed by atoms with Crippen molar-refractivity contribution in [1.82, 2.24) is 24.3 Å². The van der Waals surface area contributed by atoms with Crippen molar-refractivity contribution in [3.8, 4) is 0 Å². The molecule has 0 saturated carbocycles. The van der Waals surface area contributed by atoms with Gasteiger partial charge in [-0.1, -0.05) is 30.0 Å². The standard InChI is InChI=1S/C20H19N5O2S2/c26-18-11-14(21-20-25(18)7-10-28-20)13-29-19-15-3-1-2-4-16(15)22-17(23-19)12-24-5-8-27-9-6-24/h1-4,7,10-11H,5-6,8-9,12-13H2. The van der Waals surface area contributed by atoms with Crippen LogP contribution in [0.2, 0.25) is 0 Å².